The Kier molecular flexibility index (Phi) is 3.95. The lowest BCUT2D eigenvalue weighted by atomic mass is 9.78. The molecule has 0 spiro atoms. The van der Waals surface area contributed by atoms with E-state index < -0.39 is 5.54 Å². The molecule has 3 aliphatic rings. The van der Waals surface area contributed by atoms with Crippen LogP contribution < -0.4 is 5.32 Å². The van der Waals surface area contributed by atoms with Crippen LogP contribution in [-0.4, -0.2) is 53.0 Å². The van der Waals surface area contributed by atoms with Crippen molar-refractivity contribution in [3.63, 3.8) is 0 Å². The lowest BCUT2D eigenvalue weighted by molar-refractivity contribution is -0.130. The first kappa shape index (κ1) is 14.8. The molecular weight excluding hydrogens is 266 g/mol. The van der Waals surface area contributed by atoms with Crippen molar-refractivity contribution in [2.45, 2.75) is 64.0 Å². The van der Waals surface area contributed by atoms with Crippen LogP contribution in [0.3, 0.4) is 0 Å². The second-order valence-corrected chi connectivity index (χ2v) is 7.30. The molecule has 0 aromatic carbocycles. The number of nitrogens with zero attached hydrogens (tertiary/aromatic N) is 2. The van der Waals surface area contributed by atoms with Gasteiger partial charge >= 0.3 is 6.03 Å². The molecule has 2 aliphatic heterocycles. The smallest absolute Gasteiger partial charge is 0.324 e. The van der Waals surface area contributed by atoms with E-state index in [0.29, 0.717) is 12.6 Å². The quantitative estimate of drug-likeness (QED) is 0.809. The minimum Gasteiger partial charge on any atom is -0.324 e. The summed E-state index contributed by atoms with van der Waals surface area (Å²) in [6.07, 6.45) is 7.96. The van der Waals surface area contributed by atoms with Crippen molar-refractivity contribution in [3.05, 3.63) is 0 Å². The van der Waals surface area contributed by atoms with E-state index in [9.17, 15) is 9.59 Å². The van der Waals surface area contributed by atoms with Crippen molar-refractivity contribution in [2.24, 2.45) is 5.92 Å². The number of rotatable bonds is 3. The summed E-state index contributed by atoms with van der Waals surface area (Å²) in [5.41, 5.74) is -0.744. The SMILES string of the molecule is CC1(C)NC(=O)N(CCN2CCC[C@H]3CCCC[C@H]32)C1=O. The Labute approximate surface area is 127 Å². The lowest BCUT2D eigenvalue weighted by Gasteiger charge is -2.44. The molecule has 21 heavy (non-hydrogen) atoms. The molecule has 3 amide bonds. The van der Waals surface area contributed by atoms with Gasteiger partial charge in [-0.2, -0.15) is 0 Å². The number of likely N-dealkylation sites (tertiary alicyclic amines) is 1. The second-order valence-electron chi connectivity index (χ2n) is 7.30. The number of imide groups is 1. The van der Waals surface area contributed by atoms with Crippen molar-refractivity contribution in [3.8, 4) is 0 Å². The van der Waals surface area contributed by atoms with Crippen LogP contribution in [0.5, 0.6) is 0 Å². The highest BCUT2D eigenvalue weighted by Crippen LogP contribution is 2.35. The first-order valence-corrected chi connectivity index (χ1v) is 8.37. The third kappa shape index (κ3) is 2.80. The van der Waals surface area contributed by atoms with Gasteiger partial charge in [-0.1, -0.05) is 12.8 Å². The summed E-state index contributed by atoms with van der Waals surface area (Å²) < 4.78 is 0. The maximum Gasteiger partial charge on any atom is 0.325 e. The van der Waals surface area contributed by atoms with Gasteiger partial charge in [0.05, 0.1) is 0 Å². The van der Waals surface area contributed by atoms with Gasteiger partial charge in [-0.15, -0.1) is 0 Å². The molecule has 1 aliphatic carbocycles. The van der Waals surface area contributed by atoms with Gasteiger partial charge in [-0.3, -0.25) is 14.6 Å². The number of carbonyl (C=O) groups excluding carboxylic acids is 2. The fraction of sp³-hybridized carbons (Fsp3) is 0.875. The fourth-order valence-electron chi connectivity index (χ4n) is 4.25. The summed E-state index contributed by atoms with van der Waals surface area (Å²) in [4.78, 5) is 28.1. The van der Waals surface area contributed by atoms with E-state index in [2.05, 4.69) is 10.2 Å². The normalized spacial score (nSPS) is 33.0. The number of piperidine rings is 1. The van der Waals surface area contributed by atoms with Gasteiger partial charge in [0, 0.05) is 19.1 Å². The van der Waals surface area contributed by atoms with Crippen molar-refractivity contribution in [2.75, 3.05) is 19.6 Å². The first-order valence-electron chi connectivity index (χ1n) is 8.37. The standard InChI is InChI=1S/C16H27N3O2/c1-16(2)14(20)19(15(21)17-16)11-10-18-9-5-7-12-6-3-4-8-13(12)18/h12-13H,3-11H2,1-2H3,(H,17,21)/t12-,13-/m1/s1. The third-order valence-corrected chi connectivity index (χ3v) is 5.41. The molecule has 2 saturated heterocycles. The van der Waals surface area contributed by atoms with E-state index in [1.54, 1.807) is 13.8 Å². The Hall–Kier alpha value is -1.10. The molecule has 0 radical (unpaired) electrons. The number of hydrogen-bond donors (Lipinski definition) is 1. The summed E-state index contributed by atoms with van der Waals surface area (Å²) in [6, 6.07) is 0.448. The zero-order chi connectivity index (χ0) is 15.0. The fourth-order valence-corrected chi connectivity index (χ4v) is 4.25. The van der Waals surface area contributed by atoms with Crippen LogP contribution in [0.15, 0.2) is 0 Å². The maximum absolute atomic E-state index is 12.2. The highest BCUT2D eigenvalue weighted by Gasteiger charge is 2.44. The van der Waals surface area contributed by atoms with Gasteiger partial charge in [0.1, 0.15) is 5.54 Å². The van der Waals surface area contributed by atoms with Crippen LogP contribution in [0.4, 0.5) is 4.79 Å². The van der Waals surface area contributed by atoms with Crippen molar-refractivity contribution in [1.82, 2.24) is 15.1 Å². The van der Waals surface area contributed by atoms with E-state index in [4.69, 9.17) is 0 Å². The molecule has 1 saturated carbocycles. The van der Waals surface area contributed by atoms with E-state index in [0.717, 1.165) is 19.0 Å². The molecule has 1 N–H and O–H groups in total. The number of amides is 3. The van der Waals surface area contributed by atoms with E-state index >= 15 is 0 Å². The van der Waals surface area contributed by atoms with E-state index in [-0.39, 0.29) is 11.9 Å². The largest absolute Gasteiger partial charge is 0.325 e. The van der Waals surface area contributed by atoms with Crippen LogP contribution >= 0.6 is 0 Å². The molecule has 5 heteroatoms. The predicted molar refractivity (Wildman–Crippen MR) is 80.9 cm³/mol. The van der Waals surface area contributed by atoms with Crippen LogP contribution in [0.1, 0.15) is 52.4 Å². The van der Waals surface area contributed by atoms with Crippen molar-refractivity contribution < 1.29 is 9.59 Å². The molecule has 118 valence electrons. The number of nitrogens with one attached hydrogen (secondary N) is 1. The number of urea groups is 1. The Morgan fingerprint density at radius 1 is 1.10 bits per heavy atom. The number of hydrogen-bond acceptors (Lipinski definition) is 3. The Bertz CT molecular complexity index is 433. The van der Waals surface area contributed by atoms with Crippen LogP contribution in [0, 0.1) is 5.92 Å². The number of carbonyl (C=O) groups is 2. The van der Waals surface area contributed by atoms with Gasteiger partial charge in [-0.25, -0.2) is 4.79 Å². The highest BCUT2D eigenvalue weighted by atomic mass is 16.2. The Morgan fingerprint density at radius 2 is 1.81 bits per heavy atom. The Morgan fingerprint density at radius 3 is 2.52 bits per heavy atom. The zero-order valence-electron chi connectivity index (χ0n) is 13.2. The van der Waals surface area contributed by atoms with Gasteiger partial charge in [-0.05, 0) is 52.0 Å². The second kappa shape index (κ2) is 5.59. The average Bonchev–Trinajstić information content (AvgIpc) is 2.65. The summed E-state index contributed by atoms with van der Waals surface area (Å²) in [5, 5.41) is 2.76. The molecule has 0 bridgehead atoms. The van der Waals surface area contributed by atoms with Crippen LogP contribution in [-0.2, 0) is 4.79 Å². The minimum atomic E-state index is -0.744. The topological polar surface area (TPSA) is 52.7 Å². The van der Waals surface area contributed by atoms with Gasteiger partial charge in [0.25, 0.3) is 5.91 Å². The van der Waals surface area contributed by atoms with E-state index in [1.165, 1.54) is 43.4 Å². The zero-order valence-corrected chi connectivity index (χ0v) is 13.2. The molecule has 3 fully saturated rings. The average molecular weight is 293 g/mol. The summed E-state index contributed by atoms with van der Waals surface area (Å²) in [5.74, 6) is 0.747. The van der Waals surface area contributed by atoms with Crippen LogP contribution in [0.25, 0.3) is 0 Å². The molecule has 0 aromatic rings. The van der Waals surface area contributed by atoms with Crippen molar-refractivity contribution in [1.29, 1.82) is 0 Å². The monoisotopic (exact) mass is 293 g/mol. The van der Waals surface area contributed by atoms with E-state index in [1.807, 2.05) is 0 Å². The van der Waals surface area contributed by atoms with Crippen LogP contribution in [0.2, 0.25) is 0 Å². The molecule has 2 heterocycles. The summed E-state index contributed by atoms with van der Waals surface area (Å²) >= 11 is 0. The summed E-state index contributed by atoms with van der Waals surface area (Å²) in [6.45, 7) is 6.01. The Balaban J connectivity index is 1.59. The van der Waals surface area contributed by atoms with Gasteiger partial charge in [0.2, 0.25) is 0 Å². The summed E-state index contributed by atoms with van der Waals surface area (Å²) in [7, 11) is 0. The molecule has 0 unspecified atom stereocenters. The highest BCUT2D eigenvalue weighted by molar-refractivity contribution is 6.06. The first-order chi connectivity index (χ1) is 9.99. The molecular formula is C16H27N3O2. The maximum atomic E-state index is 12.2. The third-order valence-electron chi connectivity index (χ3n) is 5.41. The number of fused-ring (bicyclic) bond motifs is 1. The predicted octanol–water partition coefficient (Wildman–Crippen LogP) is 1.97. The molecule has 0 aromatic heterocycles. The van der Waals surface area contributed by atoms with Gasteiger partial charge in [0.15, 0.2) is 0 Å². The van der Waals surface area contributed by atoms with Gasteiger partial charge < -0.3 is 5.32 Å². The van der Waals surface area contributed by atoms with Crippen molar-refractivity contribution >= 4 is 11.9 Å². The minimum absolute atomic E-state index is 0.0929. The molecule has 5 nitrogen and oxygen atoms in total. The molecule has 2 atom stereocenters. The lowest BCUT2D eigenvalue weighted by Crippen LogP contribution is -2.50. The molecule has 3 rings (SSSR count).